The number of amides is 4. The number of fused-ring (bicyclic) bond motifs is 2. The van der Waals surface area contributed by atoms with Crippen LogP contribution < -0.4 is 16.2 Å². The van der Waals surface area contributed by atoms with Gasteiger partial charge in [-0.1, -0.05) is 70.9 Å². The predicted molar refractivity (Wildman–Crippen MR) is 255 cm³/mol. The minimum absolute atomic E-state index is 0.0578. The lowest BCUT2D eigenvalue weighted by atomic mass is 9.82. The number of rotatable bonds is 11. The first-order chi connectivity index (χ1) is 32.7. The number of aromatic amines is 2. The maximum absolute atomic E-state index is 17.0. The number of likely N-dealkylation sites (tertiary alicyclic amines) is 2. The summed E-state index contributed by atoms with van der Waals surface area (Å²) in [6.45, 7) is 8.49. The van der Waals surface area contributed by atoms with E-state index >= 15 is 4.39 Å². The molecule has 2 aliphatic heterocycles. The highest BCUT2D eigenvalue weighted by molar-refractivity contribution is 5.89. The average molecular weight is 929 g/mol. The Hall–Kier alpha value is -6.58. The Morgan fingerprint density at radius 3 is 1.88 bits per heavy atom. The lowest BCUT2D eigenvalue weighted by molar-refractivity contribution is -0.136. The SMILES string of the molecule is COC(=O)N[C@H](C(=O)N1CCC[C@H]1c1ncc(-c2ccc(-c3cc(F)c(-c4ccc5nc([C@@H]6CCCN6C(=O)[C@@H](NC(=O)OC)C(C)C)[nH]c(=O)c5c4)c4c3CC3(CCCC3)C4)cc2)[nH]1)C(C)C. The van der Waals surface area contributed by atoms with Crippen molar-refractivity contribution < 1.29 is 33.0 Å². The average Bonchev–Trinajstić information content (AvgIpc) is 4.20. The molecule has 2 aromatic heterocycles. The van der Waals surface area contributed by atoms with E-state index in [1.165, 1.54) is 14.2 Å². The van der Waals surface area contributed by atoms with Crippen molar-refractivity contribution in [2.45, 2.75) is 116 Å². The molecule has 68 heavy (non-hydrogen) atoms. The molecule has 3 fully saturated rings. The van der Waals surface area contributed by atoms with Crippen molar-refractivity contribution in [1.29, 1.82) is 0 Å². The lowest BCUT2D eigenvalue weighted by Gasteiger charge is -2.30. The highest BCUT2D eigenvalue weighted by atomic mass is 19.1. The Kier molecular flexibility index (Phi) is 12.9. The minimum Gasteiger partial charge on any atom is -0.453 e. The normalized spacial score (nSPS) is 19.5. The van der Waals surface area contributed by atoms with Gasteiger partial charge >= 0.3 is 12.2 Å². The Morgan fingerprint density at radius 2 is 1.29 bits per heavy atom. The number of benzene rings is 3. The number of H-pyrrole nitrogens is 2. The van der Waals surface area contributed by atoms with Gasteiger partial charge in [-0.2, -0.15) is 0 Å². The zero-order valence-corrected chi connectivity index (χ0v) is 39.7. The summed E-state index contributed by atoms with van der Waals surface area (Å²) in [6.07, 6.45) is 9.34. The molecule has 0 radical (unpaired) electrons. The summed E-state index contributed by atoms with van der Waals surface area (Å²) in [4.78, 5) is 85.1. The van der Waals surface area contributed by atoms with Crippen molar-refractivity contribution >= 4 is 34.9 Å². The van der Waals surface area contributed by atoms with Crippen molar-refractivity contribution in [3.63, 3.8) is 0 Å². The van der Waals surface area contributed by atoms with E-state index in [9.17, 15) is 24.0 Å². The van der Waals surface area contributed by atoms with Gasteiger partial charge in [0.1, 0.15) is 29.5 Å². The molecular weight excluding hydrogens is 868 g/mol. The number of carbonyl (C=O) groups is 4. The van der Waals surface area contributed by atoms with Gasteiger partial charge in [0.05, 0.1) is 49.1 Å². The molecule has 358 valence electrons. The molecule has 9 rings (SSSR count). The second-order valence-corrected chi connectivity index (χ2v) is 19.8. The van der Waals surface area contributed by atoms with Crippen LogP contribution in [-0.2, 0) is 31.9 Å². The van der Waals surface area contributed by atoms with E-state index in [-0.39, 0.29) is 46.5 Å². The highest BCUT2D eigenvalue weighted by Crippen LogP contribution is 2.54. The Bertz CT molecular complexity index is 2810. The summed E-state index contributed by atoms with van der Waals surface area (Å²) in [7, 11) is 2.53. The molecule has 15 nitrogen and oxygen atoms in total. The molecule has 4 N–H and O–H groups in total. The van der Waals surface area contributed by atoms with Crippen LogP contribution in [0.2, 0.25) is 0 Å². The Morgan fingerprint density at radius 1 is 0.735 bits per heavy atom. The fourth-order valence-electron chi connectivity index (χ4n) is 11.3. The third-order valence-electron chi connectivity index (χ3n) is 14.9. The van der Waals surface area contributed by atoms with Crippen LogP contribution in [0.5, 0.6) is 0 Å². The van der Waals surface area contributed by atoms with E-state index in [1.54, 1.807) is 34.2 Å². The van der Waals surface area contributed by atoms with Gasteiger partial charge in [-0.15, -0.1) is 0 Å². The van der Waals surface area contributed by atoms with E-state index in [0.29, 0.717) is 59.6 Å². The molecule has 1 saturated carbocycles. The molecule has 3 aromatic carbocycles. The molecule has 4 aliphatic rings. The molecule has 2 saturated heterocycles. The van der Waals surface area contributed by atoms with Gasteiger partial charge in [0, 0.05) is 18.7 Å². The number of carbonyl (C=O) groups excluding carboxylic acids is 4. The molecule has 16 heteroatoms. The van der Waals surface area contributed by atoms with Crippen LogP contribution in [0.25, 0.3) is 44.4 Å². The third-order valence-corrected chi connectivity index (χ3v) is 14.9. The Balaban J connectivity index is 0.990. The first-order valence-corrected chi connectivity index (χ1v) is 24.0. The van der Waals surface area contributed by atoms with E-state index < -0.39 is 30.3 Å². The van der Waals surface area contributed by atoms with Crippen LogP contribution >= 0.6 is 0 Å². The van der Waals surface area contributed by atoms with Crippen LogP contribution in [0.3, 0.4) is 0 Å². The molecule has 0 unspecified atom stereocenters. The van der Waals surface area contributed by atoms with Crippen molar-refractivity contribution in [2.75, 3.05) is 27.3 Å². The van der Waals surface area contributed by atoms with Crippen LogP contribution in [0, 0.1) is 23.1 Å². The summed E-state index contributed by atoms with van der Waals surface area (Å²) in [6, 6.07) is 12.8. The smallest absolute Gasteiger partial charge is 0.407 e. The van der Waals surface area contributed by atoms with Crippen LogP contribution in [0.4, 0.5) is 14.0 Å². The molecule has 1 spiro atoms. The van der Waals surface area contributed by atoms with Crippen molar-refractivity contribution in [1.82, 2.24) is 40.4 Å². The predicted octanol–water partition coefficient (Wildman–Crippen LogP) is 8.53. The van der Waals surface area contributed by atoms with Crippen LogP contribution in [-0.4, -0.2) is 93.1 Å². The van der Waals surface area contributed by atoms with Gasteiger partial charge in [0.2, 0.25) is 11.8 Å². The zero-order chi connectivity index (χ0) is 48.0. The topological polar surface area (TPSA) is 192 Å². The monoisotopic (exact) mass is 928 g/mol. The van der Waals surface area contributed by atoms with Crippen molar-refractivity contribution in [3.8, 4) is 33.5 Å². The number of aromatic nitrogens is 4. The van der Waals surface area contributed by atoms with E-state index in [4.69, 9.17) is 19.4 Å². The minimum atomic E-state index is -0.808. The first-order valence-electron chi connectivity index (χ1n) is 24.0. The van der Waals surface area contributed by atoms with Gasteiger partial charge in [-0.05, 0) is 120 Å². The van der Waals surface area contributed by atoms with E-state index in [0.717, 1.165) is 84.9 Å². The van der Waals surface area contributed by atoms with Crippen molar-refractivity contribution in [2.24, 2.45) is 17.3 Å². The molecule has 2 aliphatic carbocycles. The maximum atomic E-state index is 17.0. The number of hydrogen-bond acceptors (Lipinski definition) is 9. The summed E-state index contributed by atoms with van der Waals surface area (Å²) in [5, 5.41) is 5.69. The summed E-state index contributed by atoms with van der Waals surface area (Å²) in [5.74, 6) is -0.0783. The van der Waals surface area contributed by atoms with Gasteiger partial charge in [0.15, 0.2) is 0 Å². The van der Waals surface area contributed by atoms with Gasteiger partial charge in [-0.25, -0.2) is 23.9 Å². The quantitative estimate of drug-likeness (QED) is 0.101. The number of methoxy groups -OCH3 is 2. The standard InChI is InChI=1S/C52H61FN8O7/c1-28(2)43(57-50(65)67-5)48(63)60-21-9-11-40(60)45-54-27-39(56-45)31-15-13-30(14-16-31)33-24-37(53)42(36-26-52(25-35(33)36)19-7-8-20-52)32-17-18-38-34(23-32)47(62)59-46(55-38)41-12-10-22-61(41)49(64)44(29(3)4)58-51(66)68-6/h13-18,23-24,27-29,40-41,43-44H,7-12,19-22,25-26H2,1-6H3,(H,54,56)(H,57,65)(H,58,66)(H,55,59,62)/t40-,41-,43-,44-/m0/s1. The molecule has 4 atom stereocenters. The fraction of sp³-hybridized carbons (Fsp3) is 0.481. The van der Waals surface area contributed by atoms with E-state index in [2.05, 4.69) is 20.6 Å². The largest absolute Gasteiger partial charge is 0.453 e. The number of imidazole rings is 1. The number of nitrogens with zero attached hydrogens (tertiary/aromatic N) is 4. The second-order valence-electron chi connectivity index (χ2n) is 19.8. The lowest BCUT2D eigenvalue weighted by Crippen LogP contribution is -2.51. The van der Waals surface area contributed by atoms with Gasteiger partial charge in [0.25, 0.3) is 5.56 Å². The molecule has 4 amide bonds. The molecule has 0 bridgehead atoms. The summed E-state index contributed by atoms with van der Waals surface area (Å²) in [5.41, 5.74) is 6.87. The number of nitrogens with one attached hydrogen (secondary N) is 4. The number of alkyl carbamates (subject to hydrolysis) is 2. The Labute approximate surface area is 395 Å². The van der Waals surface area contributed by atoms with Crippen LogP contribution in [0.1, 0.15) is 114 Å². The highest BCUT2D eigenvalue weighted by Gasteiger charge is 2.43. The number of ether oxygens (including phenoxy) is 2. The zero-order valence-electron chi connectivity index (χ0n) is 39.7. The van der Waals surface area contributed by atoms with E-state index in [1.807, 2.05) is 58.0 Å². The molecule has 5 aromatic rings. The summed E-state index contributed by atoms with van der Waals surface area (Å²) < 4.78 is 26.5. The first kappa shape index (κ1) is 46.5. The fourth-order valence-corrected chi connectivity index (χ4v) is 11.3. The number of hydrogen-bond donors (Lipinski definition) is 4. The molecule has 4 heterocycles. The van der Waals surface area contributed by atoms with Crippen LogP contribution in [0.15, 0.2) is 59.5 Å². The summed E-state index contributed by atoms with van der Waals surface area (Å²) >= 11 is 0. The van der Waals surface area contributed by atoms with Crippen molar-refractivity contribution in [3.05, 3.63) is 93.7 Å². The second kappa shape index (κ2) is 18.8. The maximum Gasteiger partial charge on any atom is 0.407 e. The number of halogens is 1. The van der Waals surface area contributed by atoms with Gasteiger partial charge < -0.3 is 39.9 Å². The molecular formula is C52H61FN8O7. The van der Waals surface area contributed by atoms with Gasteiger partial charge in [-0.3, -0.25) is 14.4 Å². The third kappa shape index (κ3) is 8.73.